The van der Waals surface area contributed by atoms with Gasteiger partial charge in [0.2, 0.25) is 11.5 Å². The molecule has 96 valence electrons. The molecule has 1 saturated heterocycles. The summed E-state index contributed by atoms with van der Waals surface area (Å²) in [6.45, 7) is 9.14. The van der Waals surface area contributed by atoms with Crippen molar-refractivity contribution in [3.8, 4) is 0 Å². The molecule has 1 aliphatic heterocycles. The highest BCUT2D eigenvalue weighted by Crippen LogP contribution is 2.34. The van der Waals surface area contributed by atoms with Gasteiger partial charge in [-0.2, -0.15) is 0 Å². The summed E-state index contributed by atoms with van der Waals surface area (Å²) >= 11 is 0. The van der Waals surface area contributed by atoms with Gasteiger partial charge in [-0.1, -0.05) is 27.7 Å². The average Bonchev–Trinajstić information content (AvgIpc) is 2.42. The molecular formula is C13H20O4. The van der Waals surface area contributed by atoms with E-state index >= 15 is 0 Å². The van der Waals surface area contributed by atoms with Gasteiger partial charge in [-0.25, -0.2) is 4.79 Å². The predicted molar refractivity (Wildman–Crippen MR) is 63.0 cm³/mol. The number of cyclic esters (lactones) is 1. The third-order valence-electron chi connectivity index (χ3n) is 2.43. The first-order valence-electron chi connectivity index (χ1n) is 5.92. The fourth-order valence-electron chi connectivity index (χ4n) is 1.75. The average molecular weight is 240 g/mol. The molecule has 0 N–H and O–H groups in total. The molecule has 0 aromatic heterocycles. The topological polar surface area (TPSA) is 52.6 Å². The molecule has 0 aromatic rings. The number of ether oxygens (including phenoxy) is 2. The van der Waals surface area contributed by atoms with E-state index in [1.807, 2.05) is 27.7 Å². The summed E-state index contributed by atoms with van der Waals surface area (Å²) in [5.74, 6) is -1.71. The van der Waals surface area contributed by atoms with Gasteiger partial charge in [-0.3, -0.25) is 4.79 Å². The maximum atomic E-state index is 11.7. The maximum absolute atomic E-state index is 11.7. The van der Waals surface area contributed by atoms with Crippen LogP contribution in [0.5, 0.6) is 0 Å². The summed E-state index contributed by atoms with van der Waals surface area (Å²) in [6.07, 6.45) is 2.05. The molecule has 4 heteroatoms. The second kappa shape index (κ2) is 4.90. The zero-order chi connectivity index (χ0) is 13.2. The van der Waals surface area contributed by atoms with Gasteiger partial charge in [0.25, 0.3) is 0 Å². The highest BCUT2D eigenvalue weighted by atomic mass is 16.8. The minimum Gasteiger partial charge on any atom is -0.438 e. The maximum Gasteiger partial charge on any atom is 0.377 e. The first-order chi connectivity index (χ1) is 7.77. The molecule has 0 spiro atoms. The van der Waals surface area contributed by atoms with Crippen LogP contribution >= 0.6 is 0 Å². The summed E-state index contributed by atoms with van der Waals surface area (Å²) in [5, 5.41) is 0. The largest absolute Gasteiger partial charge is 0.438 e. The zero-order valence-electron chi connectivity index (χ0n) is 11.1. The lowest BCUT2D eigenvalue weighted by Gasteiger charge is -2.24. The Bertz CT molecular complexity index is 354. The van der Waals surface area contributed by atoms with Crippen LogP contribution in [0.25, 0.3) is 0 Å². The van der Waals surface area contributed by atoms with Gasteiger partial charge in [-0.05, 0) is 17.9 Å². The van der Waals surface area contributed by atoms with E-state index in [4.69, 9.17) is 9.47 Å². The minimum absolute atomic E-state index is 0.149. The molecule has 1 unspecified atom stereocenters. The summed E-state index contributed by atoms with van der Waals surface area (Å²) in [7, 11) is 0. The van der Waals surface area contributed by atoms with E-state index in [0.717, 1.165) is 0 Å². The Morgan fingerprint density at radius 1 is 1.29 bits per heavy atom. The Balaban J connectivity index is 2.98. The van der Waals surface area contributed by atoms with Crippen molar-refractivity contribution in [3.05, 3.63) is 11.8 Å². The molecule has 0 amide bonds. The molecule has 1 fully saturated rings. The predicted octanol–water partition coefficient (Wildman–Crippen LogP) is 2.43. The van der Waals surface area contributed by atoms with Crippen molar-refractivity contribution < 1.29 is 19.1 Å². The number of ketones is 1. The molecule has 1 heterocycles. The van der Waals surface area contributed by atoms with Crippen molar-refractivity contribution in [2.75, 3.05) is 0 Å². The van der Waals surface area contributed by atoms with Crippen LogP contribution in [0.3, 0.4) is 0 Å². The van der Waals surface area contributed by atoms with Crippen LogP contribution in [-0.2, 0) is 19.1 Å². The highest BCUT2D eigenvalue weighted by Gasteiger charge is 2.50. The van der Waals surface area contributed by atoms with Crippen molar-refractivity contribution in [3.63, 3.8) is 0 Å². The molecular weight excluding hydrogens is 220 g/mol. The van der Waals surface area contributed by atoms with Crippen LogP contribution in [0.2, 0.25) is 0 Å². The number of rotatable bonds is 4. The molecule has 0 bridgehead atoms. The molecule has 17 heavy (non-hydrogen) atoms. The lowest BCUT2D eigenvalue weighted by Crippen LogP contribution is -2.39. The molecule has 1 rings (SSSR count). The van der Waals surface area contributed by atoms with Gasteiger partial charge in [0, 0.05) is 13.3 Å². The summed E-state index contributed by atoms with van der Waals surface area (Å²) in [5.41, 5.74) is 0. The number of hydrogen-bond acceptors (Lipinski definition) is 4. The van der Waals surface area contributed by atoms with E-state index in [9.17, 15) is 9.59 Å². The van der Waals surface area contributed by atoms with Crippen LogP contribution < -0.4 is 0 Å². The number of hydrogen-bond donors (Lipinski definition) is 0. The van der Waals surface area contributed by atoms with E-state index in [-0.39, 0.29) is 23.4 Å². The first kappa shape index (κ1) is 13.7. The van der Waals surface area contributed by atoms with E-state index in [1.54, 1.807) is 6.08 Å². The van der Waals surface area contributed by atoms with Gasteiger partial charge in [0.05, 0.1) is 0 Å². The quantitative estimate of drug-likeness (QED) is 0.559. The Labute approximate surface area is 102 Å². The fourth-order valence-corrected chi connectivity index (χ4v) is 1.75. The Morgan fingerprint density at radius 2 is 1.88 bits per heavy atom. The van der Waals surface area contributed by atoms with Gasteiger partial charge >= 0.3 is 11.8 Å². The number of Topliss-reactive ketones (excluding diaryl/α,β-unsaturated/α-hetero) is 1. The van der Waals surface area contributed by atoms with Gasteiger partial charge in [0.15, 0.2) is 0 Å². The van der Waals surface area contributed by atoms with Crippen molar-refractivity contribution in [1.82, 2.24) is 0 Å². The van der Waals surface area contributed by atoms with Gasteiger partial charge < -0.3 is 9.47 Å². The lowest BCUT2D eigenvalue weighted by molar-refractivity contribution is -0.186. The van der Waals surface area contributed by atoms with Crippen LogP contribution in [0, 0.1) is 11.8 Å². The monoisotopic (exact) mass is 240 g/mol. The molecule has 0 saturated carbocycles. The lowest BCUT2D eigenvalue weighted by atomic mass is 10.00. The van der Waals surface area contributed by atoms with Crippen molar-refractivity contribution in [1.29, 1.82) is 0 Å². The number of allylic oxidation sites excluding steroid dienone is 1. The normalized spacial score (nSPS) is 26.5. The highest BCUT2D eigenvalue weighted by molar-refractivity contribution is 5.95. The Hall–Kier alpha value is -1.32. The number of carbonyl (C=O) groups excluding carboxylic acids is 2. The second-order valence-electron chi connectivity index (χ2n) is 5.17. The number of carbonyl (C=O) groups is 2. The number of esters is 1. The third-order valence-corrected chi connectivity index (χ3v) is 2.43. The third kappa shape index (κ3) is 3.08. The van der Waals surface area contributed by atoms with Gasteiger partial charge in [-0.15, -0.1) is 0 Å². The van der Waals surface area contributed by atoms with Crippen molar-refractivity contribution in [2.24, 2.45) is 11.8 Å². The Kier molecular flexibility index (Phi) is 3.96. The molecule has 0 radical (unpaired) electrons. The molecule has 1 atom stereocenters. The van der Waals surface area contributed by atoms with E-state index in [1.165, 1.54) is 6.92 Å². The molecule has 1 aliphatic rings. The van der Waals surface area contributed by atoms with Crippen LogP contribution in [-0.4, -0.2) is 17.5 Å². The van der Waals surface area contributed by atoms with Gasteiger partial charge in [0.1, 0.15) is 0 Å². The second-order valence-corrected chi connectivity index (χ2v) is 5.17. The SMILES string of the molecule is CC(=O)C1(CC(C)C)OC(=O)/C(=C/C(C)C)O1. The van der Waals surface area contributed by atoms with E-state index < -0.39 is 11.8 Å². The van der Waals surface area contributed by atoms with Crippen LogP contribution in [0.4, 0.5) is 0 Å². The summed E-state index contributed by atoms with van der Waals surface area (Å²) in [4.78, 5) is 23.3. The molecule has 0 aliphatic carbocycles. The van der Waals surface area contributed by atoms with Crippen molar-refractivity contribution >= 4 is 11.8 Å². The standard InChI is InChI=1S/C13H20O4/c1-8(2)6-11-12(15)17-13(16-11,10(5)14)7-9(3)4/h6,8-9H,7H2,1-5H3/b11-6-. The van der Waals surface area contributed by atoms with E-state index in [0.29, 0.717) is 6.42 Å². The first-order valence-corrected chi connectivity index (χ1v) is 5.92. The molecule has 0 aromatic carbocycles. The smallest absolute Gasteiger partial charge is 0.377 e. The molecule has 4 nitrogen and oxygen atoms in total. The van der Waals surface area contributed by atoms with Crippen molar-refractivity contribution in [2.45, 2.75) is 46.8 Å². The summed E-state index contributed by atoms with van der Waals surface area (Å²) in [6, 6.07) is 0. The minimum atomic E-state index is -1.41. The zero-order valence-corrected chi connectivity index (χ0v) is 11.1. The Morgan fingerprint density at radius 3 is 2.29 bits per heavy atom. The van der Waals surface area contributed by atoms with E-state index in [2.05, 4.69) is 0 Å². The van der Waals surface area contributed by atoms with Crippen LogP contribution in [0.1, 0.15) is 41.0 Å². The fraction of sp³-hybridized carbons (Fsp3) is 0.692. The van der Waals surface area contributed by atoms with Crippen LogP contribution in [0.15, 0.2) is 11.8 Å². The summed E-state index contributed by atoms with van der Waals surface area (Å²) < 4.78 is 10.6.